The van der Waals surface area contributed by atoms with E-state index in [9.17, 15) is 9.59 Å². The van der Waals surface area contributed by atoms with Crippen molar-refractivity contribution in [3.63, 3.8) is 0 Å². The van der Waals surface area contributed by atoms with Crippen molar-refractivity contribution in [2.24, 2.45) is 0 Å². The minimum absolute atomic E-state index is 0.167. The molecule has 0 aliphatic heterocycles. The predicted molar refractivity (Wildman–Crippen MR) is 89.1 cm³/mol. The molecule has 0 N–H and O–H groups in total. The lowest BCUT2D eigenvalue weighted by Crippen LogP contribution is -2.30. The highest BCUT2D eigenvalue weighted by Gasteiger charge is 2.25. The smallest absolute Gasteiger partial charge is 0.336 e. The summed E-state index contributed by atoms with van der Waals surface area (Å²) in [5.41, 5.74) is 2.08. The number of hydrogen-bond acceptors (Lipinski definition) is 4. The van der Waals surface area contributed by atoms with Crippen molar-refractivity contribution in [2.45, 2.75) is 58.5 Å². The second kappa shape index (κ2) is 6.57. The van der Waals surface area contributed by atoms with Gasteiger partial charge in [0.2, 0.25) is 0 Å². The van der Waals surface area contributed by atoms with Crippen LogP contribution in [0.25, 0.3) is 11.0 Å². The third kappa shape index (κ3) is 3.31. The van der Waals surface area contributed by atoms with Crippen molar-refractivity contribution >= 4 is 16.8 Å². The fourth-order valence-corrected chi connectivity index (χ4v) is 3.26. The molecule has 0 spiro atoms. The van der Waals surface area contributed by atoms with Gasteiger partial charge in [-0.25, -0.2) is 4.79 Å². The first-order valence-corrected chi connectivity index (χ1v) is 8.35. The van der Waals surface area contributed by atoms with Crippen molar-refractivity contribution in [3.05, 3.63) is 39.7 Å². The Hall–Kier alpha value is -2.10. The number of carbonyl (C=O) groups excluding carboxylic acids is 1. The van der Waals surface area contributed by atoms with Gasteiger partial charge in [-0.1, -0.05) is 13.3 Å². The number of fused-ring (bicyclic) bond motifs is 1. The summed E-state index contributed by atoms with van der Waals surface area (Å²) in [6, 6.07) is 5.32. The molecule has 4 nitrogen and oxygen atoms in total. The molecular formula is C19H22O4. The van der Waals surface area contributed by atoms with Gasteiger partial charge in [-0.05, 0) is 55.9 Å². The largest absolute Gasteiger partial charge is 0.482 e. The molecule has 0 bridgehead atoms. The molecule has 122 valence electrons. The summed E-state index contributed by atoms with van der Waals surface area (Å²) in [5.74, 6) is 0.827. The monoisotopic (exact) mass is 314 g/mol. The Bertz CT molecular complexity index is 788. The van der Waals surface area contributed by atoms with Gasteiger partial charge < -0.3 is 9.15 Å². The molecular weight excluding hydrogens is 292 g/mol. The molecule has 23 heavy (non-hydrogen) atoms. The molecule has 1 aliphatic rings. The molecule has 1 aliphatic carbocycles. The van der Waals surface area contributed by atoms with Crippen LogP contribution >= 0.6 is 0 Å². The molecule has 1 unspecified atom stereocenters. The maximum Gasteiger partial charge on any atom is 0.336 e. The zero-order chi connectivity index (χ0) is 16.4. The molecule has 1 atom stereocenters. The fraction of sp³-hybridized carbons (Fsp3) is 0.474. The second-order valence-electron chi connectivity index (χ2n) is 6.30. The number of aryl methyl sites for hydroxylation is 2. The van der Waals surface area contributed by atoms with Gasteiger partial charge >= 0.3 is 5.63 Å². The van der Waals surface area contributed by atoms with Gasteiger partial charge in [0, 0.05) is 12.5 Å². The lowest BCUT2D eigenvalue weighted by Gasteiger charge is -2.23. The summed E-state index contributed by atoms with van der Waals surface area (Å²) >= 11 is 0. The van der Waals surface area contributed by atoms with E-state index in [-0.39, 0.29) is 17.5 Å². The Morgan fingerprint density at radius 3 is 2.78 bits per heavy atom. The van der Waals surface area contributed by atoms with Crippen LogP contribution in [-0.4, -0.2) is 11.9 Å². The average Bonchev–Trinajstić information content (AvgIpc) is 2.49. The van der Waals surface area contributed by atoms with Gasteiger partial charge in [0.1, 0.15) is 11.3 Å². The van der Waals surface area contributed by atoms with E-state index >= 15 is 0 Å². The highest BCUT2D eigenvalue weighted by atomic mass is 16.5. The minimum atomic E-state index is -0.379. The van der Waals surface area contributed by atoms with Crippen LogP contribution < -0.4 is 10.4 Å². The number of ketones is 1. The third-order valence-corrected chi connectivity index (χ3v) is 4.32. The molecule has 2 aromatic rings. The van der Waals surface area contributed by atoms with E-state index in [1.807, 2.05) is 19.1 Å². The van der Waals surface area contributed by atoms with Crippen LogP contribution in [0.5, 0.6) is 5.75 Å². The Balaban J connectivity index is 2.10. The molecule has 1 fully saturated rings. The normalized spacial score (nSPS) is 18.3. The van der Waals surface area contributed by atoms with Gasteiger partial charge in [0.15, 0.2) is 11.9 Å². The van der Waals surface area contributed by atoms with E-state index in [1.54, 1.807) is 0 Å². The molecule has 1 aromatic heterocycles. The maximum absolute atomic E-state index is 12.1. The number of carbonyl (C=O) groups is 1. The van der Waals surface area contributed by atoms with Crippen molar-refractivity contribution in [1.29, 1.82) is 0 Å². The average molecular weight is 314 g/mol. The maximum atomic E-state index is 12.1. The van der Waals surface area contributed by atoms with Crippen LogP contribution in [0.2, 0.25) is 0 Å². The molecule has 0 amide bonds. The minimum Gasteiger partial charge on any atom is -0.482 e. The van der Waals surface area contributed by atoms with Gasteiger partial charge in [0.25, 0.3) is 0 Å². The van der Waals surface area contributed by atoms with E-state index in [0.29, 0.717) is 17.8 Å². The zero-order valence-electron chi connectivity index (χ0n) is 13.7. The van der Waals surface area contributed by atoms with Crippen LogP contribution in [0.3, 0.4) is 0 Å². The lowest BCUT2D eigenvalue weighted by atomic mass is 9.96. The molecule has 1 aromatic carbocycles. The summed E-state index contributed by atoms with van der Waals surface area (Å²) in [4.78, 5) is 23.9. The SMILES string of the molecule is CCCc1cc(=O)oc2cc(C)cc(OC3CCCCC3=O)c12. The summed E-state index contributed by atoms with van der Waals surface area (Å²) in [6.07, 6.45) is 4.63. The second-order valence-corrected chi connectivity index (χ2v) is 6.30. The van der Waals surface area contributed by atoms with E-state index < -0.39 is 0 Å². The van der Waals surface area contributed by atoms with Crippen LogP contribution in [-0.2, 0) is 11.2 Å². The predicted octanol–water partition coefficient (Wildman–Crippen LogP) is 3.94. The van der Waals surface area contributed by atoms with E-state index in [2.05, 4.69) is 6.92 Å². The fourth-order valence-electron chi connectivity index (χ4n) is 3.26. The Morgan fingerprint density at radius 2 is 2.04 bits per heavy atom. The van der Waals surface area contributed by atoms with Crippen molar-refractivity contribution in [1.82, 2.24) is 0 Å². The molecule has 0 saturated heterocycles. The zero-order valence-corrected chi connectivity index (χ0v) is 13.7. The van der Waals surface area contributed by atoms with E-state index in [1.165, 1.54) is 6.07 Å². The van der Waals surface area contributed by atoms with E-state index in [4.69, 9.17) is 9.15 Å². The summed E-state index contributed by atoms with van der Waals surface area (Å²) in [5, 5.41) is 0.829. The van der Waals surface area contributed by atoms with Crippen molar-refractivity contribution in [2.75, 3.05) is 0 Å². The Morgan fingerprint density at radius 1 is 1.22 bits per heavy atom. The van der Waals surface area contributed by atoms with Crippen LogP contribution in [0, 0.1) is 6.92 Å². The number of hydrogen-bond donors (Lipinski definition) is 0. The van der Waals surface area contributed by atoms with E-state index in [0.717, 1.165) is 48.6 Å². The number of ether oxygens (including phenoxy) is 1. The highest BCUT2D eigenvalue weighted by molar-refractivity contribution is 5.89. The van der Waals surface area contributed by atoms with Gasteiger partial charge in [-0.15, -0.1) is 0 Å². The standard InChI is InChI=1S/C19H22O4/c1-3-6-13-11-18(21)23-17-10-12(2)9-16(19(13)17)22-15-8-5-4-7-14(15)20/h9-11,15H,3-8H2,1-2H3. The van der Waals surface area contributed by atoms with Gasteiger partial charge in [0.05, 0.1) is 5.39 Å². The Labute approximate surface area is 135 Å². The first-order chi connectivity index (χ1) is 11.1. The number of benzene rings is 1. The number of Topliss-reactive ketones (excluding diaryl/α,β-unsaturated/α-hetero) is 1. The summed E-state index contributed by atoms with van der Waals surface area (Å²) in [6.45, 7) is 4.00. The van der Waals surface area contributed by atoms with Crippen LogP contribution in [0.15, 0.2) is 27.4 Å². The third-order valence-electron chi connectivity index (χ3n) is 4.32. The molecule has 1 heterocycles. The Kier molecular flexibility index (Phi) is 4.51. The van der Waals surface area contributed by atoms with Gasteiger partial charge in [-0.2, -0.15) is 0 Å². The molecule has 4 heteroatoms. The van der Waals surface area contributed by atoms with Crippen LogP contribution in [0.1, 0.15) is 50.2 Å². The quantitative estimate of drug-likeness (QED) is 0.802. The van der Waals surface area contributed by atoms with Crippen LogP contribution in [0.4, 0.5) is 0 Å². The molecule has 1 saturated carbocycles. The topological polar surface area (TPSA) is 56.5 Å². The van der Waals surface area contributed by atoms with Gasteiger partial charge in [-0.3, -0.25) is 4.79 Å². The summed E-state index contributed by atoms with van der Waals surface area (Å²) in [7, 11) is 0. The number of rotatable bonds is 4. The first kappa shape index (κ1) is 15.8. The lowest BCUT2D eigenvalue weighted by molar-refractivity contribution is -0.127. The summed E-state index contributed by atoms with van der Waals surface area (Å²) < 4.78 is 11.4. The van der Waals surface area contributed by atoms with Crippen molar-refractivity contribution in [3.8, 4) is 5.75 Å². The highest BCUT2D eigenvalue weighted by Crippen LogP contribution is 2.32. The van der Waals surface area contributed by atoms with Crippen molar-refractivity contribution < 1.29 is 13.9 Å². The molecule has 3 rings (SSSR count). The first-order valence-electron chi connectivity index (χ1n) is 8.35. The molecule has 0 radical (unpaired) electrons.